The molecule has 1 aliphatic heterocycles. The zero-order valence-electron chi connectivity index (χ0n) is 19.6. The molecule has 5 nitrogen and oxygen atoms in total. The molecule has 0 unspecified atom stereocenters. The van der Waals surface area contributed by atoms with E-state index in [1.54, 1.807) is 7.11 Å². The molecule has 1 aliphatic carbocycles. The van der Waals surface area contributed by atoms with Crippen molar-refractivity contribution < 1.29 is 14.3 Å². The molecule has 0 bridgehead atoms. The first-order chi connectivity index (χ1) is 16.0. The Morgan fingerprint density at radius 2 is 1.85 bits per heavy atom. The van der Waals surface area contributed by atoms with Crippen molar-refractivity contribution in [3.05, 3.63) is 59.0 Å². The van der Waals surface area contributed by atoms with Gasteiger partial charge in [-0.15, -0.1) is 0 Å². The molecule has 1 saturated carbocycles. The molecular weight excluding hydrogens is 432 g/mol. The summed E-state index contributed by atoms with van der Waals surface area (Å²) in [5.74, 6) is 1.86. The minimum Gasteiger partial charge on any atom is -0.493 e. The first-order valence-electron chi connectivity index (χ1n) is 11.7. The highest BCUT2D eigenvalue weighted by molar-refractivity contribution is 8.18. The van der Waals surface area contributed by atoms with Crippen molar-refractivity contribution in [2.24, 2.45) is 10.9 Å². The molecule has 2 aromatic carbocycles. The number of benzene rings is 2. The maximum atomic E-state index is 13.5. The highest BCUT2D eigenvalue weighted by Gasteiger charge is 2.38. The van der Waals surface area contributed by atoms with Crippen LogP contribution in [0.4, 0.5) is 5.69 Å². The molecule has 33 heavy (non-hydrogen) atoms. The van der Waals surface area contributed by atoms with Crippen molar-refractivity contribution in [3.63, 3.8) is 0 Å². The van der Waals surface area contributed by atoms with Gasteiger partial charge in [0.1, 0.15) is 0 Å². The van der Waals surface area contributed by atoms with Gasteiger partial charge < -0.3 is 9.47 Å². The predicted octanol–water partition coefficient (Wildman–Crippen LogP) is 6.67. The van der Waals surface area contributed by atoms with E-state index in [4.69, 9.17) is 14.5 Å². The van der Waals surface area contributed by atoms with Gasteiger partial charge in [-0.3, -0.25) is 9.69 Å². The van der Waals surface area contributed by atoms with Crippen molar-refractivity contribution in [2.75, 3.05) is 13.7 Å². The normalized spacial score (nSPS) is 19.6. The molecule has 0 N–H and O–H groups in total. The van der Waals surface area contributed by atoms with E-state index in [-0.39, 0.29) is 11.9 Å². The van der Waals surface area contributed by atoms with Crippen LogP contribution in [0.2, 0.25) is 0 Å². The molecule has 4 rings (SSSR count). The molecule has 0 radical (unpaired) electrons. The van der Waals surface area contributed by atoms with Crippen LogP contribution in [0.3, 0.4) is 0 Å². The van der Waals surface area contributed by atoms with E-state index >= 15 is 0 Å². The van der Waals surface area contributed by atoms with Gasteiger partial charge in [-0.1, -0.05) is 57.4 Å². The number of ether oxygens (including phenoxy) is 2. The molecular formula is C27H32N2O3S. The molecule has 1 saturated heterocycles. The van der Waals surface area contributed by atoms with Gasteiger partial charge in [0, 0.05) is 6.04 Å². The number of thioether (sulfide) groups is 1. The van der Waals surface area contributed by atoms with Gasteiger partial charge in [0.15, 0.2) is 16.7 Å². The molecule has 2 fully saturated rings. The molecule has 2 aliphatic rings. The quantitative estimate of drug-likeness (QED) is 0.430. The Kier molecular flexibility index (Phi) is 7.76. The smallest absolute Gasteiger partial charge is 0.267 e. The number of para-hydroxylation sites is 1. The van der Waals surface area contributed by atoms with Crippen LogP contribution >= 0.6 is 11.8 Å². The Morgan fingerprint density at radius 1 is 1.09 bits per heavy atom. The van der Waals surface area contributed by atoms with E-state index in [0.717, 1.165) is 42.1 Å². The van der Waals surface area contributed by atoms with Crippen LogP contribution in [0.15, 0.2) is 58.4 Å². The second-order valence-electron chi connectivity index (χ2n) is 8.92. The lowest BCUT2D eigenvalue weighted by atomic mass is 9.94. The summed E-state index contributed by atoms with van der Waals surface area (Å²) in [6, 6.07) is 15.9. The Hall–Kier alpha value is -2.73. The molecule has 0 spiro atoms. The predicted molar refractivity (Wildman–Crippen MR) is 136 cm³/mol. The molecule has 1 amide bonds. The van der Waals surface area contributed by atoms with Crippen LogP contribution in [-0.2, 0) is 4.79 Å². The topological polar surface area (TPSA) is 51.1 Å². The van der Waals surface area contributed by atoms with Crippen molar-refractivity contribution in [3.8, 4) is 11.5 Å². The third-order valence-corrected chi connectivity index (χ3v) is 6.80. The van der Waals surface area contributed by atoms with E-state index < -0.39 is 0 Å². The molecule has 1 heterocycles. The highest BCUT2D eigenvalue weighted by atomic mass is 32.2. The van der Waals surface area contributed by atoms with E-state index in [0.29, 0.717) is 28.9 Å². The number of aliphatic imine (C=N–C) groups is 1. The van der Waals surface area contributed by atoms with Gasteiger partial charge in [0.25, 0.3) is 5.91 Å². The fourth-order valence-electron chi connectivity index (χ4n) is 4.14. The molecule has 174 valence electrons. The van der Waals surface area contributed by atoms with Crippen LogP contribution in [0.25, 0.3) is 6.08 Å². The summed E-state index contributed by atoms with van der Waals surface area (Å²) >= 11 is 1.46. The monoisotopic (exact) mass is 464 g/mol. The van der Waals surface area contributed by atoms with Gasteiger partial charge in [-0.05, 0) is 66.4 Å². The van der Waals surface area contributed by atoms with E-state index in [9.17, 15) is 4.79 Å². The lowest BCUT2D eigenvalue weighted by molar-refractivity contribution is -0.124. The number of amidine groups is 1. The third-order valence-electron chi connectivity index (χ3n) is 5.82. The van der Waals surface area contributed by atoms with Crippen LogP contribution < -0.4 is 9.47 Å². The lowest BCUT2D eigenvalue weighted by Gasteiger charge is -2.30. The molecule has 0 aromatic heterocycles. The van der Waals surface area contributed by atoms with Gasteiger partial charge >= 0.3 is 0 Å². The Labute approximate surface area is 200 Å². The summed E-state index contributed by atoms with van der Waals surface area (Å²) in [6.45, 7) is 4.85. The molecule has 0 atom stereocenters. The second kappa shape index (κ2) is 10.9. The Bertz CT molecular complexity index is 1030. The number of amides is 1. The first kappa shape index (κ1) is 23.4. The zero-order chi connectivity index (χ0) is 23.2. The maximum absolute atomic E-state index is 13.5. The van der Waals surface area contributed by atoms with Crippen LogP contribution in [0.1, 0.15) is 51.5 Å². The van der Waals surface area contributed by atoms with Crippen molar-refractivity contribution >= 4 is 34.6 Å². The van der Waals surface area contributed by atoms with Crippen LogP contribution in [0.5, 0.6) is 11.5 Å². The van der Waals surface area contributed by atoms with Gasteiger partial charge in [-0.25, -0.2) is 4.99 Å². The summed E-state index contributed by atoms with van der Waals surface area (Å²) in [4.78, 5) is 21.0. The van der Waals surface area contributed by atoms with Crippen molar-refractivity contribution in [1.82, 2.24) is 4.90 Å². The maximum Gasteiger partial charge on any atom is 0.267 e. The summed E-state index contributed by atoms with van der Waals surface area (Å²) in [7, 11) is 1.64. The van der Waals surface area contributed by atoms with Gasteiger partial charge in [-0.2, -0.15) is 0 Å². The average molecular weight is 465 g/mol. The lowest BCUT2D eigenvalue weighted by Crippen LogP contribution is -2.40. The van der Waals surface area contributed by atoms with Crippen molar-refractivity contribution in [2.45, 2.75) is 52.0 Å². The average Bonchev–Trinajstić information content (AvgIpc) is 3.13. The second-order valence-corrected chi connectivity index (χ2v) is 9.93. The highest BCUT2D eigenvalue weighted by Crippen LogP contribution is 2.39. The van der Waals surface area contributed by atoms with Crippen molar-refractivity contribution in [1.29, 1.82) is 0 Å². The molecule has 2 aromatic rings. The number of hydrogen-bond acceptors (Lipinski definition) is 5. The van der Waals surface area contributed by atoms with Gasteiger partial charge in [0.2, 0.25) is 0 Å². The minimum atomic E-state index is 0.0423. The SMILES string of the molecule is COc1cc(C=C2SC(=Nc3ccccc3)N(C3CCCCC3)C2=O)ccc1OCC(C)C. The summed E-state index contributed by atoms with van der Waals surface area (Å²) < 4.78 is 11.4. The van der Waals surface area contributed by atoms with Gasteiger partial charge in [0.05, 0.1) is 24.3 Å². The standard InChI is InChI=1S/C27H32N2O3S/c1-19(2)18-32-23-15-14-20(16-24(23)31-3)17-25-26(30)29(22-12-8-5-9-13-22)27(33-25)28-21-10-6-4-7-11-21/h4,6-7,10-11,14-17,19,22H,5,8-9,12-13,18H2,1-3H3. The van der Waals surface area contributed by atoms with E-state index in [1.807, 2.05) is 59.5 Å². The largest absolute Gasteiger partial charge is 0.493 e. The first-order valence-corrected chi connectivity index (χ1v) is 12.5. The molecule has 6 heteroatoms. The number of hydrogen-bond donors (Lipinski definition) is 0. The van der Waals surface area contributed by atoms with E-state index in [1.165, 1.54) is 18.2 Å². The zero-order valence-corrected chi connectivity index (χ0v) is 20.4. The summed E-state index contributed by atoms with van der Waals surface area (Å²) in [6.07, 6.45) is 7.56. The van der Waals surface area contributed by atoms with Crippen LogP contribution in [-0.4, -0.2) is 35.7 Å². The fraction of sp³-hybridized carbons (Fsp3) is 0.407. The number of methoxy groups -OCH3 is 1. The fourth-order valence-corrected chi connectivity index (χ4v) is 5.20. The number of rotatable bonds is 7. The summed E-state index contributed by atoms with van der Waals surface area (Å²) in [5, 5.41) is 0.771. The number of carbonyl (C=O) groups is 1. The Balaban J connectivity index is 1.63. The number of nitrogens with zero attached hydrogens (tertiary/aromatic N) is 2. The number of carbonyl (C=O) groups excluding carboxylic acids is 1. The summed E-state index contributed by atoms with van der Waals surface area (Å²) in [5.41, 5.74) is 1.77. The Morgan fingerprint density at radius 3 is 2.55 bits per heavy atom. The minimum absolute atomic E-state index is 0.0423. The van der Waals surface area contributed by atoms with E-state index in [2.05, 4.69) is 13.8 Å². The van der Waals surface area contributed by atoms with Crippen LogP contribution in [0, 0.1) is 5.92 Å². The third kappa shape index (κ3) is 5.80.